The molecule has 1 unspecified atom stereocenters. The van der Waals surface area contributed by atoms with E-state index in [2.05, 4.69) is 5.32 Å². The zero-order chi connectivity index (χ0) is 12.8. The number of hydrogen-bond donors (Lipinski definition) is 1. The second kappa shape index (κ2) is 6.18. The van der Waals surface area contributed by atoms with Crippen LogP contribution in [0.3, 0.4) is 0 Å². The highest BCUT2D eigenvalue weighted by molar-refractivity contribution is 5.77. The molecule has 1 amide bonds. The van der Waals surface area contributed by atoms with E-state index in [1.165, 1.54) is 0 Å². The standard InChI is InChI=1S/C12H15F2NO2/c1-3-8(2)15-12(16)7-17-11-5-4-9(13)6-10(11)14/h4-6,8H,3,7H2,1-2H3,(H,15,16). The van der Waals surface area contributed by atoms with E-state index in [4.69, 9.17) is 4.74 Å². The minimum atomic E-state index is -0.818. The van der Waals surface area contributed by atoms with Crippen LogP contribution in [0, 0.1) is 11.6 Å². The summed E-state index contributed by atoms with van der Waals surface area (Å²) in [6, 6.07) is 2.98. The van der Waals surface area contributed by atoms with Gasteiger partial charge in [-0.25, -0.2) is 8.78 Å². The van der Waals surface area contributed by atoms with Gasteiger partial charge in [0.25, 0.3) is 5.91 Å². The van der Waals surface area contributed by atoms with Gasteiger partial charge in [-0.15, -0.1) is 0 Å². The molecule has 0 spiro atoms. The summed E-state index contributed by atoms with van der Waals surface area (Å²) < 4.78 is 30.7. The van der Waals surface area contributed by atoms with E-state index in [-0.39, 0.29) is 24.3 Å². The van der Waals surface area contributed by atoms with Gasteiger partial charge in [0, 0.05) is 12.1 Å². The Hall–Kier alpha value is -1.65. The van der Waals surface area contributed by atoms with E-state index in [0.717, 1.165) is 18.6 Å². The number of nitrogens with one attached hydrogen (secondary N) is 1. The summed E-state index contributed by atoms with van der Waals surface area (Å²) in [5.41, 5.74) is 0. The van der Waals surface area contributed by atoms with E-state index in [1.807, 2.05) is 13.8 Å². The van der Waals surface area contributed by atoms with Crippen molar-refractivity contribution < 1.29 is 18.3 Å². The second-order valence-electron chi connectivity index (χ2n) is 3.74. The van der Waals surface area contributed by atoms with Crippen molar-refractivity contribution in [3.05, 3.63) is 29.8 Å². The number of ether oxygens (including phenoxy) is 1. The molecule has 17 heavy (non-hydrogen) atoms. The maximum Gasteiger partial charge on any atom is 0.258 e. The van der Waals surface area contributed by atoms with Crippen LogP contribution in [0.1, 0.15) is 20.3 Å². The Morgan fingerprint density at radius 1 is 1.47 bits per heavy atom. The normalized spacial score (nSPS) is 12.0. The van der Waals surface area contributed by atoms with Crippen LogP contribution in [0.15, 0.2) is 18.2 Å². The van der Waals surface area contributed by atoms with Crippen molar-refractivity contribution in [2.24, 2.45) is 0 Å². The molecular weight excluding hydrogens is 228 g/mol. The topological polar surface area (TPSA) is 38.3 Å². The van der Waals surface area contributed by atoms with Crippen LogP contribution in [-0.4, -0.2) is 18.6 Å². The number of carbonyl (C=O) groups is 1. The van der Waals surface area contributed by atoms with Gasteiger partial charge in [0.05, 0.1) is 0 Å². The lowest BCUT2D eigenvalue weighted by atomic mass is 10.2. The lowest BCUT2D eigenvalue weighted by molar-refractivity contribution is -0.123. The molecule has 0 radical (unpaired) electrons. The molecule has 0 aliphatic heterocycles. The average Bonchev–Trinajstić information content (AvgIpc) is 2.27. The van der Waals surface area contributed by atoms with Crippen molar-refractivity contribution in [3.63, 3.8) is 0 Å². The minimum absolute atomic E-state index is 0.0455. The molecule has 0 heterocycles. The molecule has 0 aliphatic carbocycles. The minimum Gasteiger partial charge on any atom is -0.481 e. The Labute approximate surface area is 98.8 Å². The van der Waals surface area contributed by atoms with Gasteiger partial charge in [-0.3, -0.25) is 4.79 Å². The third-order valence-corrected chi connectivity index (χ3v) is 2.27. The molecule has 0 fully saturated rings. The molecular formula is C12H15F2NO2. The molecule has 1 aromatic carbocycles. The lowest BCUT2D eigenvalue weighted by Gasteiger charge is -2.12. The fraction of sp³-hybridized carbons (Fsp3) is 0.417. The highest BCUT2D eigenvalue weighted by Gasteiger charge is 2.09. The van der Waals surface area contributed by atoms with Crippen LogP contribution >= 0.6 is 0 Å². The van der Waals surface area contributed by atoms with Crippen LogP contribution in [0.4, 0.5) is 8.78 Å². The third kappa shape index (κ3) is 4.38. The van der Waals surface area contributed by atoms with Gasteiger partial charge in [-0.2, -0.15) is 0 Å². The van der Waals surface area contributed by atoms with Gasteiger partial charge in [0.2, 0.25) is 0 Å². The number of carbonyl (C=O) groups excluding carboxylic acids is 1. The van der Waals surface area contributed by atoms with Crippen LogP contribution in [0.5, 0.6) is 5.75 Å². The third-order valence-electron chi connectivity index (χ3n) is 2.27. The number of rotatable bonds is 5. The zero-order valence-electron chi connectivity index (χ0n) is 9.80. The van der Waals surface area contributed by atoms with Crippen LogP contribution in [-0.2, 0) is 4.79 Å². The van der Waals surface area contributed by atoms with Crippen molar-refractivity contribution >= 4 is 5.91 Å². The van der Waals surface area contributed by atoms with Crippen molar-refractivity contribution in [2.75, 3.05) is 6.61 Å². The van der Waals surface area contributed by atoms with Gasteiger partial charge in [0.1, 0.15) is 5.82 Å². The number of halogens is 2. The lowest BCUT2D eigenvalue weighted by Crippen LogP contribution is -2.35. The summed E-state index contributed by atoms with van der Waals surface area (Å²) in [5.74, 6) is -1.96. The molecule has 94 valence electrons. The van der Waals surface area contributed by atoms with Gasteiger partial charge in [0.15, 0.2) is 18.2 Å². The zero-order valence-corrected chi connectivity index (χ0v) is 9.80. The van der Waals surface area contributed by atoms with Crippen LogP contribution in [0.25, 0.3) is 0 Å². The summed E-state index contributed by atoms with van der Waals surface area (Å²) in [6.07, 6.45) is 0.802. The van der Waals surface area contributed by atoms with E-state index in [9.17, 15) is 13.6 Å². The molecule has 1 aromatic rings. The monoisotopic (exact) mass is 243 g/mol. The Bertz CT molecular complexity index is 396. The van der Waals surface area contributed by atoms with Crippen molar-refractivity contribution in [3.8, 4) is 5.75 Å². The van der Waals surface area contributed by atoms with Gasteiger partial charge >= 0.3 is 0 Å². The fourth-order valence-corrected chi connectivity index (χ4v) is 1.15. The van der Waals surface area contributed by atoms with Crippen molar-refractivity contribution in [1.29, 1.82) is 0 Å². The highest BCUT2D eigenvalue weighted by Crippen LogP contribution is 2.17. The SMILES string of the molecule is CCC(C)NC(=O)COc1ccc(F)cc1F. The Balaban J connectivity index is 2.47. The molecule has 1 atom stereocenters. The first-order valence-electron chi connectivity index (χ1n) is 5.40. The molecule has 1 rings (SSSR count). The fourth-order valence-electron chi connectivity index (χ4n) is 1.15. The van der Waals surface area contributed by atoms with Gasteiger partial charge in [-0.05, 0) is 25.5 Å². The maximum absolute atomic E-state index is 13.1. The number of benzene rings is 1. The molecule has 0 saturated heterocycles. The van der Waals surface area contributed by atoms with Crippen molar-refractivity contribution in [1.82, 2.24) is 5.32 Å². The molecule has 1 N–H and O–H groups in total. The first kappa shape index (κ1) is 13.4. The summed E-state index contributed by atoms with van der Waals surface area (Å²) >= 11 is 0. The Kier molecular flexibility index (Phi) is 4.87. The Morgan fingerprint density at radius 3 is 2.76 bits per heavy atom. The summed E-state index contributed by atoms with van der Waals surface area (Å²) in [7, 11) is 0. The smallest absolute Gasteiger partial charge is 0.258 e. The highest BCUT2D eigenvalue weighted by atomic mass is 19.1. The second-order valence-corrected chi connectivity index (χ2v) is 3.74. The van der Waals surface area contributed by atoms with Gasteiger partial charge in [-0.1, -0.05) is 6.92 Å². The Morgan fingerprint density at radius 2 is 2.18 bits per heavy atom. The first-order valence-corrected chi connectivity index (χ1v) is 5.40. The predicted octanol–water partition coefficient (Wildman–Crippen LogP) is 2.26. The molecule has 3 nitrogen and oxygen atoms in total. The van der Waals surface area contributed by atoms with Crippen LogP contribution < -0.4 is 10.1 Å². The number of amides is 1. The van der Waals surface area contributed by atoms with E-state index < -0.39 is 11.6 Å². The maximum atomic E-state index is 13.1. The van der Waals surface area contributed by atoms with E-state index in [1.54, 1.807) is 0 Å². The number of hydrogen-bond acceptors (Lipinski definition) is 2. The first-order chi connectivity index (χ1) is 8.02. The summed E-state index contributed by atoms with van der Waals surface area (Å²) in [4.78, 5) is 11.3. The quantitative estimate of drug-likeness (QED) is 0.861. The predicted molar refractivity (Wildman–Crippen MR) is 59.7 cm³/mol. The molecule has 0 aliphatic rings. The molecule has 0 saturated carbocycles. The van der Waals surface area contributed by atoms with Crippen molar-refractivity contribution in [2.45, 2.75) is 26.3 Å². The molecule has 5 heteroatoms. The summed E-state index contributed by atoms with van der Waals surface area (Å²) in [6.45, 7) is 3.51. The molecule has 0 bridgehead atoms. The molecule has 0 aromatic heterocycles. The van der Waals surface area contributed by atoms with E-state index in [0.29, 0.717) is 6.07 Å². The van der Waals surface area contributed by atoms with E-state index >= 15 is 0 Å². The van der Waals surface area contributed by atoms with Gasteiger partial charge < -0.3 is 10.1 Å². The summed E-state index contributed by atoms with van der Waals surface area (Å²) in [5, 5.41) is 2.67. The average molecular weight is 243 g/mol. The largest absolute Gasteiger partial charge is 0.481 e. The van der Waals surface area contributed by atoms with Crippen LogP contribution in [0.2, 0.25) is 0 Å².